The van der Waals surface area contributed by atoms with Gasteiger partial charge < -0.3 is 9.72 Å². The summed E-state index contributed by atoms with van der Waals surface area (Å²) in [5.74, 6) is 0.403. The van der Waals surface area contributed by atoms with E-state index in [1.165, 1.54) is 5.01 Å². The molecule has 0 saturated carbocycles. The van der Waals surface area contributed by atoms with Gasteiger partial charge in [0.1, 0.15) is 5.75 Å². The number of amides is 1. The third-order valence-electron chi connectivity index (χ3n) is 7.13. The summed E-state index contributed by atoms with van der Waals surface area (Å²) in [5.41, 5.74) is 4.67. The summed E-state index contributed by atoms with van der Waals surface area (Å²) in [6.45, 7) is 0. The minimum Gasteiger partial charge on any atom is -0.497 e. The number of carbonyl (C=O) groups is 1. The molecule has 7 heteroatoms. The lowest BCUT2D eigenvalue weighted by Crippen LogP contribution is -2.31. The number of ether oxygens (including phenoxy) is 1. The van der Waals surface area contributed by atoms with Crippen molar-refractivity contribution in [3.8, 4) is 16.9 Å². The standard InChI is InChI=1S/C34H26BrN3O3/c1-41-27-17-13-24(14-18-27)34(40)38-26(16-12-22-8-4-2-5-9-22)21-30(37-38)32-31(23-10-6-3-7-11-23)28-20-25(35)15-19-29(28)36-33(32)39/h2-20,26H,21H2,1H3,(H,36,39)/b16-12+/t26-/m1/s1. The molecule has 0 saturated heterocycles. The van der Waals surface area contributed by atoms with Crippen LogP contribution in [0.25, 0.3) is 28.1 Å². The molecule has 0 bridgehead atoms. The van der Waals surface area contributed by atoms with Crippen molar-refractivity contribution >= 4 is 44.5 Å². The maximum Gasteiger partial charge on any atom is 0.274 e. The van der Waals surface area contributed by atoms with Gasteiger partial charge in [0, 0.05) is 32.9 Å². The van der Waals surface area contributed by atoms with Crippen LogP contribution in [0.4, 0.5) is 0 Å². The Morgan fingerprint density at radius 3 is 2.37 bits per heavy atom. The molecule has 6 rings (SSSR count). The largest absolute Gasteiger partial charge is 0.497 e. The van der Waals surface area contributed by atoms with Crippen LogP contribution in [0.1, 0.15) is 27.9 Å². The Balaban J connectivity index is 1.50. The van der Waals surface area contributed by atoms with Crippen molar-refractivity contribution in [3.63, 3.8) is 0 Å². The highest BCUT2D eigenvalue weighted by atomic mass is 79.9. The molecule has 0 spiro atoms. The van der Waals surface area contributed by atoms with E-state index in [0.717, 1.165) is 32.1 Å². The minimum absolute atomic E-state index is 0.248. The van der Waals surface area contributed by atoms with E-state index in [4.69, 9.17) is 9.84 Å². The topological polar surface area (TPSA) is 74.8 Å². The van der Waals surface area contributed by atoms with Crippen molar-refractivity contribution in [1.82, 2.24) is 9.99 Å². The summed E-state index contributed by atoms with van der Waals surface area (Å²) in [7, 11) is 1.59. The number of benzene rings is 4. The first-order chi connectivity index (χ1) is 20.0. The van der Waals surface area contributed by atoms with E-state index in [0.29, 0.717) is 29.0 Å². The van der Waals surface area contributed by atoms with E-state index < -0.39 is 0 Å². The third-order valence-corrected chi connectivity index (χ3v) is 7.62. The number of halogens is 1. The monoisotopic (exact) mass is 603 g/mol. The normalized spacial score (nSPS) is 14.9. The molecule has 1 amide bonds. The lowest BCUT2D eigenvalue weighted by atomic mass is 9.92. The van der Waals surface area contributed by atoms with Crippen LogP contribution < -0.4 is 10.3 Å². The van der Waals surface area contributed by atoms with E-state index in [9.17, 15) is 9.59 Å². The van der Waals surface area contributed by atoms with Gasteiger partial charge in [-0.15, -0.1) is 0 Å². The maximum atomic E-state index is 13.8. The Bertz CT molecular complexity index is 1850. The van der Waals surface area contributed by atoms with Crippen LogP contribution in [-0.2, 0) is 0 Å². The number of aromatic nitrogens is 1. The van der Waals surface area contributed by atoms with Crippen LogP contribution in [0.3, 0.4) is 0 Å². The van der Waals surface area contributed by atoms with Crippen molar-refractivity contribution in [2.45, 2.75) is 12.5 Å². The van der Waals surface area contributed by atoms with Gasteiger partial charge in [-0.05, 0) is 53.6 Å². The molecule has 0 unspecified atom stereocenters. The molecule has 4 aromatic carbocycles. The van der Waals surface area contributed by atoms with Crippen molar-refractivity contribution in [2.24, 2.45) is 5.10 Å². The van der Waals surface area contributed by atoms with E-state index in [1.807, 2.05) is 91.0 Å². The van der Waals surface area contributed by atoms with Crippen molar-refractivity contribution < 1.29 is 9.53 Å². The van der Waals surface area contributed by atoms with E-state index in [-0.39, 0.29) is 17.5 Å². The Kier molecular flexibility index (Phi) is 7.35. The van der Waals surface area contributed by atoms with Crippen LogP contribution >= 0.6 is 15.9 Å². The van der Waals surface area contributed by atoms with Gasteiger partial charge in [-0.3, -0.25) is 9.59 Å². The molecule has 0 radical (unpaired) electrons. The highest BCUT2D eigenvalue weighted by Gasteiger charge is 2.33. The van der Waals surface area contributed by atoms with Gasteiger partial charge >= 0.3 is 0 Å². The number of rotatable bonds is 6. The average Bonchev–Trinajstić information content (AvgIpc) is 3.44. The molecule has 41 heavy (non-hydrogen) atoms. The van der Waals surface area contributed by atoms with Gasteiger partial charge in [0.2, 0.25) is 0 Å². The second-order valence-corrected chi connectivity index (χ2v) is 10.6. The second-order valence-electron chi connectivity index (χ2n) is 9.73. The number of aromatic amines is 1. The lowest BCUT2D eigenvalue weighted by molar-refractivity contribution is 0.0742. The number of hydrogen-bond acceptors (Lipinski definition) is 4. The predicted octanol–water partition coefficient (Wildman–Crippen LogP) is 7.30. The zero-order valence-corrected chi connectivity index (χ0v) is 23.8. The van der Waals surface area contributed by atoms with Gasteiger partial charge in [0.05, 0.1) is 24.4 Å². The number of nitrogens with zero attached hydrogens (tertiary/aromatic N) is 2. The maximum absolute atomic E-state index is 13.8. The highest BCUT2D eigenvalue weighted by Crippen LogP contribution is 2.34. The fraction of sp³-hybridized carbons (Fsp3) is 0.0882. The number of fused-ring (bicyclic) bond motifs is 1. The van der Waals surface area contributed by atoms with Crippen LogP contribution in [0.2, 0.25) is 0 Å². The number of pyridine rings is 1. The summed E-state index contributed by atoms with van der Waals surface area (Å²) in [4.78, 5) is 30.6. The zero-order valence-electron chi connectivity index (χ0n) is 22.3. The Hall–Kier alpha value is -4.75. The Morgan fingerprint density at radius 2 is 1.66 bits per heavy atom. The summed E-state index contributed by atoms with van der Waals surface area (Å²) in [6, 6.07) is 32.1. The molecule has 5 aromatic rings. The predicted molar refractivity (Wildman–Crippen MR) is 167 cm³/mol. The fourth-order valence-corrected chi connectivity index (χ4v) is 5.49. The quantitative estimate of drug-likeness (QED) is 0.221. The molecular weight excluding hydrogens is 578 g/mol. The first-order valence-electron chi connectivity index (χ1n) is 13.2. The lowest BCUT2D eigenvalue weighted by Gasteiger charge is -2.19. The zero-order chi connectivity index (χ0) is 28.3. The van der Waals surface area contributed by atoms with Gasteiger partial charge in [-0.2, -0.15) is 5.10 Å². The Morgan fingerprint density at radius 1 is 0.951 bits per heavy atom. The summed E-state index contributed by atoms with van der Waals surface area (Å²) < 4.78 is 6.16. The summed E-state index contributed by atoms with van der Waals surface area (Å²) in [6.07, 6.45) is 4.34. The summed E-state index contributed by atoms with van der Waals surface area (Å²) in [5, 5.41) is 7.20. The molecule has 1 atom stereocenters. The second kappa shape index (κ2) is 11.4. The SMILES string of the molecule is COc1ccc(C(=O)N2N=C(c3c(-c4ccccc4)c4cc(Br)ccc4[nH]c3=O)C[C@H]2/C=C/c2ccccc2)cc1. The molecule has 1 aromatic heterocycles. The van der Waals surface area contributed by atoms with Crippen LogP contribution in [-0.4, -0.2) is 34.8 Å². The number of hydrogen-bond donors (Lipinski definition) is 1. The van der Waals surface area contributed by atoms with Crippen molar-refractivity contribution in [2.75, 3.05) is 7.11 Å². The van der Waals surface area contributed by atoms with Gasteiger partial charge in [-0.1, -0.05) is 88.7 Å². The van der Waals surface area contributed by atoms with Gasteiger partial charge in [-0.25, -0.2) is 5.01 Å². The minimum atomic E-state index is -0.388. The fourth-order valence-electron chi connectivity index (χ4n) is 5.12. The first kappa shape index (κ1) is 26.5. The molecule has 1 aliphatic heterocycles. The smallest absolute Gasteiger partial charge is 0.274 e. The number of H-pyrrole nitrogens is 1. The molecule has 1 N–H and O–H groups in total. The first-order valence-corrected chi connectivity index (χ1v) is 14.0. The molecule has 0 fully saturated rings. The number of methoxy groups -OCH3 is 1. The molecular formula is C34H26BrN3O3. The van der Waals surface area contributed by atoms with E-state index in [2.05, 4.69) is 20.9 Å². The van der Waals surface area contributed by atoms with Gasteiger partial charge in [0.25, 0.3) is 11.5 Å². The number of hydrazone groups is 1. The average molecular weight is 605 g/mol. The molecule has 1 aliphatic rings. The highest BCUT2D eigenvalue weighted by molar-refractivity contribution is 9.10. The van der Waals surface area contributed by atoms with Crippen molar-refractivity contribution in [3.05, 3.63) is 141 Å². The van der Waals surface area contributed by atoms with Gasteiger partial charge in [0.15, 0.2) is 0 Å². The third kappa shape index (κ3) is 5.36. The van der Waals surface area contributed by atoms with Crippen LogP contribution in [0.15, 0.2) is 124 Å². The summed E-state index contributed by atoms with van der Waals surface area (Å²) >= 11 is 3.59. The van der Waals surface area contributed by atoms with Crippen LogP contribution in [0, 0.1) is 0 Å². The van der Waals surface area contributed by atoms with E-state index >= 15 is 0 Å². The van der Waals surface area contributed by atoms with Crippen molar-refractivity contribution in [1.29, 1.82) is 0 Å². The molecule has 6 nitrogen and oxygen atoms in total. The van der Waals surface area contributed by atoms with Crippen LogP contribution in [0.5, 0.6) is 5.75 Å². The number of carbonyl (C=O) groups excluding carboxylic acids is 1. The number of nitrogens with one attached hydrogen (secondary N) is 1. The van der Waals surface area contributed by atoms with E-state index in [1.54, 1.807) is 31.4 Å². The molecule has 202 valence electrons. The Labute approximate surface area is 245 Å². The molecule has 2 heterocycles. The molecule has 0 aliphatic carbocycles.